The van der Waals surface area contributed by atoms with Crippen molar-refractivity contribution in [3.05, 3.63) is 65.8 Å². The highest BCUT2D eigenvalue weighted by atomic mass is 15.4. The molecular formula is C22H30N8. The Kier molecular flexibility index (Phi) is 6.41. The fourth-order valence-electron chi connectivity index (χ4n) is 3.71. The Hall–Kier alpha value is -3.16. The van der Waals surface area contributed by atoms with Gasteiger partial charge in [-0.15, -0.1) is 0 Å². The number of nitrogens with one attached hydrogen (secondary N) is 2. The number of hydrogen-bond acceptors (Lipinski definition) is 4. The molecule has 1 aromatic carbocycles. The number of aromatic nitrogens is 5. The van der Waals surface area contributed by atoms with Crippen LogP contribution in [0, 0.1) is 0 Å². The number of rotatable bonds is 7. The largest absolute Gasteiger partial charge is 0.357 e. The molecule has 0 radical (unpaired) electrons. The summed E-state index contributed by atoms with van der Waals surface area (Å²) >= 11 is 0. The molecule has 0 bridgehead atoms. The molecule has 1 aliphatic heterocycles. The van der Waals surface area contributed by atoms with E-state index in [1.807, 2.05) is 23.1 Å². The molecule has 4 rings (SSSR count). The van der Waals surface area contributed by atoms with Crippen LogP contribution in [0.1, 0.15) is 43.3 Å². The summed E-state index contributed by atoms with van der Waals surface area (Å²) in [6, 6.07) is 10.7. The van der Waals surface area contributed by atoms with Crippen LogP contribution in [0.2, 0.25) is 0 Å². The average molecular weight is 407 g/mol. The predicted octanol–water partition coefficient (Wildman–Crippen LogP) is 2.16. The quantitative estimate of drug-likeness (QED) is 0.464. The number of imidazole rings is 1. The first-order valence-corrected chi connectivity index (χ1v) is 10.8. The summed E-state index contributed by atoms with van der Waals surface area (Å²) in [7, 11) is 0. The van der Waals surface area contributed by atoms with Gasteiger partial charge in [-0.2, -0.15) is 5.10 Å². The zero-order valence-electron chi connectivity index (χ0n) is 17.8. The van der Waals surface area contributed by atoms with Gasteiger partial charge in [0, 0.05) is 44.4 Å². The molecular weight excluding hydrogens is 376 g/mol. The predicted molar refractivity (Wildman–Crippen MR) is 117 cm³/mol. The van der Waals surface area contributed by atoms with E-state index in [1.54, 1.807) is 0 Å². The van der Waals surface area contributed by atoms with Gasteiger partial charge < -0.3 is 15.2 Å². The minimum Gasteiger partial charge on any atom is -0.357 e. The van der Waals surface area contributed by atoms with Crippen molar-refractivity contribution in [2.24, 2.45) is 4.99 Å². The van der Waals surface area contributed by atoms with E-state index in [1.165, 1.54) is 5.56 Å². The molecule has 2 aromatic heterocycles. The van der Waals surface area contributed by atoms with E-state index in [2.05, 4.69) is 68.4 Å². The van der Waals surface area contributed by atoms with E-state index >= 15 is 0 Å². The molecule has 0 saturated heterocycles. The van der Waals surface area contributed by atoms with Crippen LogP contribution in [0.25, 0.3) is 0 Å². The first-order chi connectivity index (χ1) is 14.7. The zero-order chi connectivity index (χ0) is 20.8. The van der Waals surface area contributed by atoms with E-state index in [9.17, 15) is 0 Å². The van der Waals surface area contributed by atoms with Gasteiger partial charge in [0.15, 0.2) is 11.8 Å². The Morgan fingerprint density at radius 3 is 2.90 bits per heavy atom. The van der Waals surface area contributed by atoms with Crippen LogP contribution in [-0.2, 0) is 32.5 Å². The fraction of sp³-hybridized carbons (Fsp3) is 0.455. The summed E-state index contributed by atoms with van der Waals surface area (Å²) < 4.78 is 4.19. The molecule has 0 aliphatic carbocycles. The first kappa shape index (κ1) is 20.1. The average Bonchev–Trinajstić information content (AvgIpc) is 3.39. The molecule has 0 saturated carbocycles. The van der Waals surface area contributed by atoms with E-state index in [4.69, 9.17) is 4.99 Å². The van der Waals surface area contributed by atoms with Crippen molar-refractivity contribution in [1.82, 2.24) is 34.9 Å². The van der Waals surface area contributed by atoms with Gasteiger partial charge in [0.2, 0.25) is 0 Å². The molecule has 1 atom stereocenters. The lowest BCUT2D eigenvalue weighted by Crippen LogP contribution is -2.47. The molecule has 8 heteroatoms. The summed E-state index contributed by atoms with van der Waals surface area (Å²) in [5, 5.41) is 11.5. The summed E-state index contributed by atoms with van der Waals surface area (Å²) in [5.41, 5.74) is 1.25. The van der Waals surface area contributed by atoms with Gasteiger partial charge in [-0.05, 0) is 18.9 Å². The second-order valence-corrected chi connectivity index (χ2v) is 7.51. The van der Waals surface area contributed by atoms with Gasteiger partial charge in [-0.1, -0.05) is 37.3 Å². The highest BCUT2D eigenvalue weighted by Crippen LogP contribution is 2.13. The number of fused-ring (bicyclic) bond motifs is 1. The molecule has 3 aromatic rings. The fourth-order valence-corrected chi connectivity index (χ4v) is 3.71. The van der Waals surface area contributed by atoms with Crippen LogP contribution in [0.15, 0.2) is 47.7 Å². The summed E-state index contributed by atoms with van der Waals surface area (Å²) in [6.07, 6.45) is 6.68. The molecule has 158 valence electrons. The maximum atomic E-state index is 4.80. The topological polar surface area (TPSA) is 84.9 Å². The monoisotopic (exact) mass is 406 g/mol. The molecule has 3 heterocycles. The number of guanidine groups is 1. The molecule has 2 N–H and O–H groups in total. The van der Waals surface area contributed by atoms with Crippen LogP contribution >= 0.6 is 0 Å². The normalized spacial score (nSPS) is 16.3. The lowest BCUT2D eigenvalue weighted by atomic mass is 10.1. The minimum absolute atomic E-state index is 0.283. The lowest BCUT2D eigenvalue weighted by molar-refractivity contribution is 0.392. The maximum Gasteiger partial charge on any atom is 0.191 e. The van der Waals surface area contributed by atoms with Gasteiger partial charge in [0.25, 0.3) is 0 Å². The Balaban J connectivity index is 1.41. The first-order valence-electron chi connectivity index (χ1n) is 10.8. The third-order valence-corrected chi connectivity index (χ3v) is 5.28. The van der Waals surface area contributed by atoms with Crippen molar-refractivity contribution in [1.29, 1.82) is 0 Å². The maximum absolute atomic E-state index is 4.80. The van der Waals surface area contributed by atoms with E-state index in [0.717, 1.165) is 62.3 Å². The van der Waals surface area contributed by atoms with Crippen LogP contribution < -0.4 is 10.6 Å². The van der Waals surface area contributed by atoms with Crippen molar-refractivity contribution >= 4 is 5.96 Å². The number of aryl methyl sites for hydroxylation is 2. The van der Waals surface area contributed by atoms with Crippen molar-refractivity contribution in [3.8, 4) is 0 Å². The molecule has 0 spiro atoms. The van der Waals surface area contributed by atoms with E-state index in [0.29, 0.717) is 6.54 Å². The van der Waals surface area contributed by atoms with Gasteiger partial charge in [-0.25, -0.2) is 19.6 Å². The highest BCUT2D eigenvalue weighted by molar-refractivity contribution is 5.80. The van der Waals surface area contributed by atoms with E-state index in [-0.39, 0.29) is 6.04 Å². The van der Waals surface area contributed by atoms with Crippen molar-refractivity contribution < 1.29 is 0 Å². The van der Waals surface area contributed by atoms with Crippen molar-refractivity contribution in [2.75, 3.05) is 6.54 Å². The zero-order valence-corrected chi connectivity index (χ0v) is 17.8. The van der Waals surface area contributed by atoms with Gasteiger partial charge in [0.05, 0.1) is 6.54 Å². The molecule has 30 heavy (non-hydrogen) atoms. The van der Waals surface area contributed by atoms with Crippen LogP contribution in [0.4, 0.5) is 0 Å². The number of aliphatic imine (C=N–C) groups is 1. The Morgan fingerprint density at radius 1 is 1.23 bits per heavy atom. The molecule has 1 unspecified atom stereocenters. The van der Waals surface area contributed by atoms with Crippen molar-refractivity contribution in [2.45, 2.75) is 58.8 Å². The molecule has 8 nitrogen and oxygen atoms in total. The number of hydrogen-bond donors (Lipinski definition) is 2. The molecule has 1 aliphatic rings. The van der Waals surface area contributed by atoms with Crippen molar-refractivity contribution in [3.63, 3.8) is 0 Å². The molecule has 0 amide bonds. The summed E-state index contributed by atoms with van der Waals surface area (Å²) in [5.74, 6) is 3.79. The Morgan fingerprint density at radius 2 is 2.10 bits per heavy atom. The third kappa shape index (κ3) is 4.87. The highest BCUT2D eigenvalue weighted by Gasteiger charge is 2.22. The van der Waals surface area contributed by atoms with Gasteiger partial charge in [-0.3, -0.25) is 0 Å². The second kappa shape index (κ2) is 9.56. The second-order valence-electron chi connectivity index (χ2n) is 7.51. The van der Waals surface area contributed by atoms with Gasteiger partial charge >= 0.3 is 0 Å². The lowest BCUT2D eigenvalue weighted by Gasteiger charge is -2.25. The van der Waals surface area contributed by atoms with Crippen LogP contribution in [-0.4, -0.2) is 42.9 Å². The van der Waals surface area contributed by atoms with Gasteiger partial charge in [0.1, 0.15) is 18.2 Å². The SMILES string of the molecule is CCNC(=NCc1nccn1Cc1ccccc1)NC1CCc2nc(CC)nn2C1. The smallest absolute Gasteiger partial charge is 0.191 e. The summed E-state index contributed by atoms with van der Waals surface area (Å²) in [6.45, 7) is 7.12. The Labute approximate surface area is 177 Å². The standard InChI is InChI=1S/C22H30N8/c1-3-19-27-20-11-10-18(16-30(20)28-19)26-22(23-4-2)25-14-21-24-12-13-29(21)15-17-8-6-5-7-9-17/h5-9,12-13,18H,3-4,10-11,14-16H2,1-2H3,(H2,23,25,26). The van der Waals surface area contributed by atoms with Crippen LogP contribution in [0.3, 0.4) is 0 Å². The summed E-state index contributed by atoms with van der Waals surface area (Å²) in [4.78, 5) is 13.9. The number of benzene rings is 1. The third-order valence-electron chi connectivity index (χ3n) is 5.28. The minimum atomic E-state index is 0.283. The number of nitrogens with zero attached hydrogens (tertiary/aromatic N) is 6. The van der Waals surface area contributed by atoms with Crippen LogP contribution in [0.5, 0.6) is 0 Å². The Bertz CT molecular complexity index is 972. The van der Waals surface area contributed by atoms with E-state index < -0.39 is 0 Å². The molecule has 0 fully saturated rings.